The molecule has 0 unspecified atom stereocenters. The predicted molar refractivity (Wildman–Crippen MR) is 153 cm³/mol. The molecule has 0 radical (unpaired) electrons. The number of nitrogens with zero attached hydrogens (tertiary/aromatic N) is 2. The first-order valence-corrected chi connectivity index (χ1v) is 15.4. The van der Waals surface area contributed by atoms with Gasteiger partial charge in [-0.3, -0.25) is 14.4 Å². The molecule has 1 aromatic heterocycles. The number of hydrogen-bond acceptors (Lipinski definition) is 6. The molecule has 9 atom stereocenters. The lowest BCUT2D eigenvalue weighted by Gasteiger charge is -2.63. The Morgan fingerprint density at radius 3 is 2.64 bits per heavy atom. The second-order valence-electron chi connectivity index (χ2n) is 12.8. The van der Waals surface area contributed by atoms with Gasteiger partial charge in [0.05, 0.1) is 12.6 Å². The number of carbonyl (C=O) groups excluding carboxylic acids is 2. The number of ketones is 1. The van der Waals surface area contributed by atoms with E-state index in [-0.39, 0.29) is 18.4 Å². The van der Waals surface area contributed by atoms with Crippen LogP contribution in [0.1, 0.15) is 33.1 Å². The van der Waals surface area contributed by atoms with Crippen molar-refractivity contribution in [2.75, 3.05) is 17.6 Å². The zero-order valence-electron chi connectivity index (χ0n) is 23.4. The molecule has 1 saturated heterocycles. The molecule has 0 amide bonds. The number of aromatic nitrogens is 1. The van der Waals surface area contributed by atoms with Gasteiger partial charge in [0.15, 0.2) is 17.1 Å². The molecular formula is C32H33F3N2O4S. The number of para-hydroxylation sites is 1. The Labute approximate surface area is 246 Å². The number of alkyl halides is 3. The van der Waals surface area contributed by atoms with Crippen LogP contribution in [0.25, 0.3) is 5.69 Å². The molecule has 1 aliphatic heterocycles. The Balaban J connectivity index is 1.31. The molecule has 6 nitrogen and oxygen atoms in total. The van der Waals surface area contributed by atoms with Crippen molar-refractivity contribution in [2.24, 2.45) is 28.6 Å². The summed E-state index contributed by atoms with van der Waals surface area (Å²) >= 11 is 0.526. The van der Waals surface area contributed by atoms with E-state index < -0.39 is 69.0 Å². The minimum atomic E-state index is -2.26. The van der Waals surface area contributed by atoms with Crippen molar-refractivity contribution in [2.45, 2.75) is 56.7 Å². The maximum Gasteiger partial charge on any atom is 0.226 e. The van der Waals surface area contributed by atoms with E-state index in [2.05, 4.69) is 0 Å². The molecule has 42 heavy (non-hydrogen) atoms. The van der Waals surface area contributed by atoms with E-state index in [9.17, 15) is 19.1 Å². The normalized spacial score (nSPS) is 42.0. The zero-order valence-corrected chi connectivity index (χ0v) is 24.2. The number of halogens is 3. The van der Waals surface area contributed by atoms with Crippen LogP contribution in [0.3, 0.4) is 0 Å². The third-order valence-electron chi connectivity index (χ3n) is 11.1. The number of thioether (sulfide) groups is 1. The van der Waals surface area contributed by atoms with Gasteiger partial charge in [-0.05, 0) is 74.1 Å². The van der Waals surface area contributed by atoms with Crippen molar-refractivity contribution in [3.8, 4) is 5.69 Å². The number of aliphatic hydroxyl groups excluding tert-OH is 1. The minimum Gasteiger partial charge on any atom is -0.390 e. The molecule has 4 aliphatic carbocycles. The highest BCUT2D eigenvalue weighted by atomic mass is 32.2. The third-order valence-corrected chi connectivity index (χ3v) is 11.8. The number of anilines is 1. The second-order valence-corrected chi connectivity index (χ2v) is 13.7. The first-order chi connectivity index (χ1) is 20.0. The largest absolute Gasteiger partial charge is 0.390 e. The number of fused-ring (bicyclic) bond motifs is 7. The van der Waals surface area contributed by atoms with Gasteiger partial charge in [0.25, 0.3) is 0 Å². The van der Waals surface area contributed by atoms with Gasteiger partial charge < -0.3 is 9.67 Å². The molecular weight excluding hydrogens is 565 g/mol. The summed E-state index contributed by atoms with van der Waals surface area (Å²) in [5.41, 5.74) is -5.50. The average molecular weight is 599 g/mol. The van der Waals surface area contributed by atoms with Crippen molar-refractivity contribution in [3.05, 3.63) is 72.5 Å². The number of allylic oxidation sites excluding steroid dienone is 4. The van der Waals surface area contributed by atoms with Gasteiger partial charge in [-0.25, -0.2) is 18.2 Å². The maximum absolute atomic E-state index is 17.6. The van der Waals surface area contributed by atoms with E-state index in [1.54, 1.807) is 12.0 Å². The zero-order chi connectivity index (χ0) is 29.7. The maximum atomic E-state index is 17.6. The van der Waals surface area contributed by atoms with Crippen LogP contribution in [0.4, 0.5) is 19.0 Å². The van der Waals surface area contributed by atoms with Crippen LogP contribution in [-0.4, -0.2) is 56.7 Å². The molecule has 222 valence electrons. The fourth-order valence-electron chi connectivity index (χ4n) is 9.26. The number of hydroxylamine groups is 1. The molecule has 2 heterocycles. The van der Waals surface area contributed by atoms with Crippen molar-refractivity contribution in [3.63, 3.8) is 0 Å². The third kappa shape index (κ3) is 3.37. The Bertz CT molecular complexity index is 1510. The van der Waals surface area contributed by atoms with Crippen molar-refractivity contribution >= 4 is 28.5 Å². The molecule has 1 aromatic carbocycles. The number of carbonyl (C=O) groups is 2. The Hall–Kier alpha value is -2.82. The molecule has 2 aromatic rings. The van der Waals surface area contributed by atoms with Crippen LogP contribution in [0.2, 0.25) is 0 Å². The second kappa shape index (κ2) is 9.34. The molecule has 5 aliphatic rings. The summed E-state index contributed by atoms with van der Waals surface area (Å²) in [5, 5.41) is 12.9. The van der Waals surface area contributed by atoms with Gasteiger partial charge in [0.2, 0.25) is 5.12 Å². The van der Waals surface area contributed by atoms with Crippen LogP contribution in [-0.2, 0) is 14.4 Å². The van der Waals surface area contributed by atoms with E-state index in [1.807, 2.05) is 60.2 Å². The Morgan fingerprint density at radius 1 is 1.14 bits per heavy atom. The molecule has 10 heteroatoms. The van der Waals surface area contributed by atoms with Gasteiger partial charge >= 0.3 is 0 Å². The fraction of sp³-hybridized carbons (Fsp3) is 0.500. The molecule has 1 N–H and O–H groups in total. The van der Waals surface area contributed by atoms with Gasteiger partial charge in [-0.15, -0.1) is 0 Å². The highest BCUT2D eigenvalue weighted by Gasteiger charge is 2.80. The summed E-state index contributed by atoms with van der Waals surface area (Å²) in [6, 6.07) is 12.4. The first kappa shape index (κ1) is 28.0. The molecule has 7 rings (SSSR count). The highest BCUT2D eigenvalue weighted by Crippen LogP contribution is 2.73. The summed E-state index contributed by atoms with van der Waals surface area (Å²) in [4.78, 5) is 32.8. The van der Waals surface area contributed by atoms with Gasteiger partial charge in [0.1, 0.15) is 18.0 Å². The van der Waals surface area contributed by atoms with E-state index in [1.165, 1.54) is 12.2 Å². The van der Waals surface area contributed by atoms with Gasteiger partial charge in [-0.1, -0.05) is 43.0 Å². The highest BCUT2D eigenvalue weighted by molar-refractivity contribution is 8.13. The first-order valence-electron chi connectivity index (χ1n) is 14.4. The summed E-state index contributed by atoms with van der Waals surface area (Å²) < 4.78 is 49.1. The summed E-state index contributed by atoms with van der Waals surface area (Å²) in [6.07, 6.45) is 2.55. The summed E-state index contributed by atoms with van der Waals surface area (Å²) in [5.74, 6) is -1.63. The molecule has 0 bridgehead atoms. The van der Waals surface area contributed by atoms with Crippen LogP contribution >= 0.6 is 11.8 Å². The molecule has 0 spiro atoms. The van der Waals surface area contributed by atoms with Gasteiger partial charge in [0, 0.05) is 34.6 Å². The standard InChI is InChI=1S/C32H33F3N2O4S/c1-29-11-10-21(38)14-24(29)25(34)15-23-22-13-19-17-37(27-9-6-12-36(27)20-7-4-3-5-8-20)41-32(19,28(40)42-18-33)30(22,2)16-26(39)31(23,29)35/h3-12,14,19,22-23,25-26,39H,13,15-18H2,1-2H3/t19-,22-,23-,25-,26-,29-,30-,31-,32-/m0/s1. The SMILES string of the molecule is C[C@]12C=CC(=O)C=C1[C@@H](F)C[C@H]1[C@@H]3C[C@H]4CN(c5cccn5-c5ccccc5)O[C@@]4(C(=O)SCF)[C@@]3(C)C[C@H](O)[C@@]12F. The summed E-state index contributed by atoms with van der Waals surface area (Å²) in [7, 11) is 0. The van der Waals surface area contributed by atoms with E-state index in [0.29, 0.717) is 30.5 Å². The molecule has 4 fully saturated rings. The fourth-order valence-corrected chi connectivity index (χ4v) is 10.0. The van der Waals surface area contributed by atoms with Crippen LogP contribution in [0.5, 0.6) is 0 Å². The Kier molecular flexibility index (Phi) is 6.22. The van der Waals surface area contributed by atoms with E-state index >= 15 is 8.78 Å². The number of rotatable bonds is 4. The number of aliphatic hydroxyl groups is 1. The lowest BCUT2D eigenvalue weighted by atomic mass is 9.44. The van der Waals surface area contributed by atoms with Crippen molar-refractivity contribution < 1.29 is 32.7 Å². The van der Waals surface area contributed by atoms with E-state index in [0.717, 1.165) is 11.8 Å². The average Bonchev–Trinajstić information content (AvgIpc) is 3.66. The van der Waals surface area contributed by atoms with Crippen LogP contribution in [0.15, 0.2) is 72.5 Å². The minimum absolute atomic E-state index is 0.0532. The monoisotopic (exact) mass is 598 g/mol. The predicted octanol–water partition coefficient (Wildman–Crippen LogP) is 5.70. The van der Waals surface area contributed by atoms with Crippen LogP contribution < -0.4 is 5.06 Å². The quantitative estimate of drug-likeness (QED) is 0.487. The van der Waals surface area contributed by atoms with Gasteiger partial charge in [-0.2, -0.15) is 0 Å². The van der Waals surface area contributed by atoms with Crippen molar-refractivity contribution in [1.82, 2.24) is 4.57 Å². The number of hydrogen-bond donors (Lipinski definition) is 1. The smallest absolute Gasteiger partial charge is 0.226 e. The summed E-state index contributed by atoms with van der Waals surface area (Å²) in [6.45, 7) is 3.66. The van der Waals surface area contributed by atoms with E-state index in [4.69, 9.17) is 4.84 Å². The lowest BCUT2D eigenvalue weighted by molar-refractivity contribution is -0.225. The number of benzene rings is 1. The molecule has 3 saturated carbocycles. The lowest BCUT2D eigenvalue weighted by Crippen LogP contribution is -2.70. The topological polar surface area (TPSA) is 71.8 Å². The Morgan fingerprint density at radius 2 is 1.90 bits per heavy atom. The van der Waals surface area contributed by atoms with Crippen LogP contribution in [0, 0.1) is 28.6 Å². The van der Waals surface area contributed by atoms with Crippen molar-refractivity contribution in [1.29, 1.82) is 0 Å².